The highest BCUT2D eigenvalue weighted by Gasteiger charge is 2.18. The number of thioether (sulfide) groups is 1. The molecule has 0 fully saturated rings. The van der Waals surface area contributed by atoms with Crippen molar-refractivity contribution in [2.24, 2.45) is 0 Å². The quantitative estimate of drug-likeness (QED) is 0.529. The van der Waals surface area contributed by atoms with Crippen molar-refractivity contribution in [3.63, 3.8) is 0 Å². The lowest BCUT2D eigenvalue weighted by molar-refractivity contribution is -0.255. The second kappa shape index (κ2) is 9.83. The van der Waals surface area contributed by atoms with Crippen LogP contribution in [0, 0.1) is 13.8 Å². The Morgan fingerprint density at radius 1 is 1.03 bits per heavy atom. The second-order valence-electron chi connectivity index (χ2n) is 7.30. The maximum absolute atomic E-state index is 11.9. The Morgan fingerprint density at radius 2 is 1.67 bits per heavy atom. The molecule has 0 aliphatic rings. The largest absolute Gasteiger partial charge is 0.545 e. The molecular formula is C25H27N2O2S-. The zero-order chi connectivity index (χ0) is 21.7. The highest BCUT2D eigenvalue weighted by Crippen LogP contribution is 2.24. The van der Waals surface area contributed by atoms with Crippen LogP contribution in [0.2, 0.25) is 0 Å². The van der Waals surface area contributed by atoms with E-state index in [-0.39, 0.29) is 0 Å². The van der Waals surface area contributed by atoms with Gasteiger partial charge in [0.1, 0.15) is 0 Å². The van der Waals surface area contributed by atoms with E-state index in [0.29, 0.717) is 25.2 Å². The number of carboxylic acids is 1. The number of aromatic nitrogens is 1. The molecule has 1 heterocycles. The third-order valence-electron chi connectivity index (χ3n) is 5.46. The molecule has 1 aromatic heterocycles. The zero-order valence-electron chi connectivity index (χ0n) is 17.7. The number of rotatable bonds is 9. The van der Waals surface area contributed by atoms with Gasteiger partial charge in [0.05, 0.1) is 5.97 Å². The van der Waals surface area contributed by atoms with Crippen molar-refractivity contribution in [3.05, 3.63) is 94.3 Å². The van der Waals surface area contributed by atoms with E-state index in [9.17, 15) is 9.90 Å². The number of benzene rings is 2. The van der Waals surface area contributed by atoms with Gasteiger partial charge in [-0.2, -0.15) is 0 Å². The van der Waals surface area contributed by atoms with Gasteiger partial charge in [0.15, 0.2) is 0 Å². The molecule has 4 nitrogen and oxygen atoms in total. The van der Waals surface area contributed by atoms with Crippen molar-refractivity contribution in [2.75, 3.05) is 6.26 Å². The van der Waals surface area contributed by atoms with Gasteiger partial charge < -0.3 is 19.8 Å². The predicted octanol–water partition coefficient (Wildman–Crippen LogP) is 4.17. The molecule has 0 amide bonds. The molecule has 2 aromatic carbocycles. The molecule has 3 rings (SSSR count). The topological polar surface area (TPSA) is 57.1 Å². The van der Waals surface area contributed by atoms with Crippen LogP contribution >= 0.6 is 11.8 Å². The highest BCUT2D eigenvalue weighted by molar-refractivity contribution is 7.98. The summed E-state index contributed by atoms with van der Waals surface area (Å²) in [5.74, 6) is -1.13. The summed E-state index contributed by atoms with van der Waals surface area (Å²) >= 11 is 1.71. The number of nitrogens with one attached hydrogen (secondary N) is 1. The summed E-state index contributed by atoms with van der Waals surface area (Å²) in [6.45, 7) is 9.37. The minimum absolute atomic E-state index is 0.292. The van der Waals surface area contributed by atoms with E-state index in [2.05, 4.69) is 47.0 Å². The normalized spacial score (nSPS) is 10.9. The third-order valence-corrected chi connectivity index (χ3v) is 6.20. The van der Waals surface area contributed by atoms with E-state index in [1.165, 1.54) is 10.5 Å². The van der Waals surface area contributed by atoms with Crippen LogP contribution in [0.4, 0.5) is 0 Å². The van der Waals surface area contributed by atoms with Crippen molar-refractivity contribution < 1.29 is 9.90 Å². The first-order valence-electron chi connectivity index (χ1n) is 9.89. The second-order valence-corrected chi connectivity index (χ2v) is 8.17. The SMILES string of the molecule is C=Cc1ccc(Cn2c(C)c(CNCc3ccc(SC)cc3)c(C(=O)[O-])c2C)cc1. The van der Waals surface area contributed by atoms with E-state index in [1.54, 1.807) is 11.8 Å². The molecule has 0 saturated carbocycles. The molecule has 0 atom stereocenters. The van der Waals surface area contributed by atoms with Gasteiger partial charge in [-0.1, -0.05) is 49.1 Å². The Kier molecular flexibility index (Phi) is 7.19. The molecule has 0 aliphatic carbocycles. The molecule has 30 heavy (non-hydrogen) atoms. The number of carbonyl (C=O) groups excluding carboxylic acids is 1. The molecule has 3 aromatic rings. The lowest BCUT2D eigenvalue weighted by atomic mass is 10.1. The highest BCUT2D eigenvalue weighted by atomic mass is 32.2. The van der Waals surface area contributed by atoms with Crippen molar-refractivity contribution in [3.8, 4) is 0 Å². The average molecular weight is 420 g/mol. The number of hydrogen-bond donors (Lipinski definition) is 1. The molecule has 0 unspecified atom stereocenters. The Bertz CT molecular complexity index is 1030. The minimum Gasteiger partial charge on any atom is -0.545 e. The molecule has 1 N–H and O–H groups in total. The fourth-order valence-electron chi connectivity index (χ4n) is 3.69. The van der Waals surface area contributed by atoms with Gasteiger partial charge in [-0.15, -0.1) is 11.8 Å². The maximum Gasteiger partial charge on any atom is 0.0736 e. The van der Waals surface area contributed by atoms with Crippen molar-refractivity contribution >= 4 is 23.8 Å². The Morgan fingerprint density at radius 3 is 2.23 bits per heavy atom. The van der Waals surface area contributed by atoms with Gasteiger partial charge in [-0.25, -0.2) is 0 Å². The summed E-state index contributed by atoms with van der Waals surface area (Å²) < 4.78 is 2.05. The van der Waals surface area contributed by atoms with Crippen molar-refractivity contribution in [2.45, 2.75) is 38.4 Å². The van der Waals surface area contributed by atoms with Gasteiger partial charge in [0, 0.05) is 41.5 Å². The van der Waals surface area contributed by atoms with Gasteiger partial charge in [0.2, 0.25) is 0 Å². The van der Waals surface area contributed by atoms with Crippen LogP contribution in [-0.2, 0) is 19.6 Å². The van der Waals surface area contributed by atoms with Crippen molar-refractivity contribution in [1.29, 1.82) is 0 Å². The van der Waals surface area contributed by atoms with Crippen LogP contribution in [0.15, 0.2) is 60.0 Å². The van der Waals surface area contributed by atoms with Gasteiger partial charge >= 0.3 is 0 Å². The van der Waals surface area contributed by atoms with Crippen LogP contribution < -0.4 is 10.4 Å². The monoisotopic (exact) mass is 419 g/mol. The number of carbonyl (C=O) groups is 1. The summed E-state index contributed by atoms with van der Waals surface area (Å²) in [6.07, 6.45) is 3.86. The van der Waals surface area contributed by atoms with E-state index >= 15 is 0 Å². The molecular weight excluding hydrogens is 392 g/mol. The van der Waals surface area contributed by atoms with Crippen molar-refractivity contribution in [1.82, 2.24) is 9.88 Å². The zero-order valence-corrected chi connectivity index (χ0v) is 18.5. The lowest BCUT2D eigenvalue weighted by Crippen LogP contribution is -2.25. The Hall–Kier alpha value is -2.76. The summed E-state index contributed by atoms with van der Waals surface area (Å²) in [7, 11) is 0. The van der Waals surface area contributed by atoms with Gasteiger partial charge in [-0.05, 0) is 54.5 Å². The number of nitrogens with zero attached hydrogens (tertiary/aromatic N) is 1. The lowest BCUT2D eigenvalue weighted by Gasteiger charge is -2.11. The molecule has 0 radical (unpaired) electrons. The summed E-state index contributed by atoms with van der Waals surface area (Å²) in [5.41, 5.74) is 6.09. The fraction of sp³-hybridized carbons (Fsp3) is 0.240. The van der Waals surface area contributed by atoms with Crippen LogP contribution in [-0.4, -0.2) is 16.8 Å². The molecule has 156 valence electrons. The smallest absolute Gasteiger partial charge is 0.0736 e. The summed E-state index contributed by atoms with van der Waals surface area (Å²) in [4.78, 5) is 13.1. The molecule has 5 heteroatoms. The number of aromatic carboxylic acids is 1. The molecule has 0 bridgehead atoms. The minimum atomic E-state index is -1.13. The Balaban J connectivity index is 1.79. The van der Waals surface area contributed by atoms with E-state index in [0.717, 1.165) is 28.1 Å². The van der Waals surface area contributed by atoms with E-state index in [4.69, 9.17) is 0 Å². The molecule has 0 saturated heterocycles. The van der Waals surface area contributed by atoms with Gasteiger partial charge in [-0.3, -0.25) is 0 Å². The van der Waals surface area contributed by atoms with Crippen LogP contribution in [0.5, 0.6) is 0 Å². The average Bonchev–Trinajstić information content (AvgIpc) is 2.99. The molecule has 0 spiro atoms. The summed E-state index contributed by atoms with van der Waals surface area (Å²) in [6, 6.07) is 16.5. The fourth-order valence-corrected chi connectivity index (χ4v) is 4.10. The first-order chi connectivity index (χ1) is 14.4. The summed E-state index contributed by atoms with van der Waals surface area (Å²) in [5, 5.41) is 15.3. The van der Waals surface area contributed by atoms with E-state index < -0.39 is 5.97 Å². The maximum atomic E-state index is 11.9. The van der Waals surface area contributed by atoms with Crippen LogP contribution in [0.3, 0.4) is 0 Å². The number of hydrogen-bond acceptors (Lipinski definition) is 4. The third kappa shape index (κ3) is 4.86. The first-order valence-corrected chi connectivity index (χ1v) is 11.1. The number of carboxylic acid groups (broad SMARTS) is 1. The molecule has 0 aliphatic heterocycles. The van der Waals surface area contributed by atoms with Crippen LogP contribution in [0.1, 0.15) is 44.0 Å². The predicted molar refractivity (Wildman–Crippen MR) is 123 cm³/mol. The van der Waals surface area contributed by atoms with Crippen LogP contribution in [0.25, 0.3) is 6.08 Å². The first kappa shape index (κ1) is 21.9. The van der Waals surface area contributed by atoms with E-state index in [1.807, 2.05) is 44.2 Å². The van der Waals surface area contributed by atoms with Gasteiger partial charge in [0.25, 0.3) is 0 Å². The standard InChI is InChI=1S/C25H28N2O2S/c1-5-19-6-8-21(9-7-19)16-27-17(2)23(24(18(27)3)25(28)29)15-26-14-20-10-12-22(30-4)13-11-20/h5-13,26H,1,14-16H2,2-4H3,(H,28,29)/p-1. The Labute approximate surface area is 182 Å².